The second kappa shape index (κ2) is 7.32. The molecular formula is C25H40O3S2. The van der Waals surface area contributed by atoms with Gasteiger partial charge in [0.1, 0.15) is 6.10 Å². The van der Waals surface area contributed by atoms with E-state index in [0.29, 0.717) is 17.3 Å². The molecule has 1 heterocycles. The number of ether oxygens (including phenoxy) is 1. The summed E-state index contributed by atoms with van der Waals surface area (Å²) in [6.07, 6.45) is 10.9. The van der Waals surface area contributed by atoms with Crippen LogP contribution in [0.1, 0.15) is 85.5 Å². The van der Waals surface area contributed by atoms with E-state index in [1.54, 1.807) is 6.92 Å². The number of aliphatic hydroxyl groups is 1. The lowest BCUT2D eigenvalue weighted by Gasteiger charge is -2.66. The van der Waals surface area contributed by atoms with Crippen molar-refractivity contribution >= 4 is 29.5 Å². The van der Waals surface area contributed by atoms with E-state index >= 15 is 0 Å². The molecule has 1 N–H and O–H groups in total. The second-order valence-corrected chi connectivity index (χ2v) is 14.9. The van der Waals surface area contributed by atoms with Crippen LogP contribution < -0.4 is 0 Å². The number of fused-ring (bicyclic) bond motifs is 5. The van der Waals surface area contributed by atoms with Gasteiger partial charge in [0, 0.05) is 12.3 Å². The highest BCUT2D eigenvalue weighted by atomic mass is 32.2. The monoisotopic (exact) mass is 452 g/mol. The van der Waals surface area contributed by atoms with Gasteiger partial charge in [-0.2, -0.15) is 0 Å². The van der Waals surface area contributed by atoms with Gasteiger partial charge in [0.15, 0.2) is 0 Å². The molecule has 5 heteroatoms. The summed E-state index contributed by atoms with van der Waals surface area (Å²) in [5.41, 5.74) is -0.0533. The van der Waals surface area contributed by atoms with E-state index in [1.807, 2.05) is 0 Å². The number of hydrogen-bond donors (Lipinski definition) is 1. The standard InChI is InChI=1S/C25H40O3S2/c1-16(26)28-21-9-8-19-18-7-6-17-14-24(4,27)25(29-12-5-13-30-25)15-23(17,3)20(18)10-11-22(19,21)2/h17-21,27H,5-15H2,1-4H3. The molecule has 8 unspecified atom stereocenters. The molecule has 8 atom stereocenters. The Morgan fingerprint density at radius 2 is 1.67 bits per heavy atom. The fraction of sp³-hybridized carbons (Fsp3) is 0.960. The Balaban J connectivity index is 1.44. The largest absolute Gasteiger partial charge is 0.462 e. The molecule has 1 aliphatic heterocycles. The minimum absolute atomic E-state index is 0.0188. The van der Waals surface area contributed by atoms with Gasteiger partial charge in [-0.05, 0) is 105 Å². The molecule has 0 radical (unpaired) electrons. The molecule has 4 aliphatic carbocycles. The molecule has 5 rings (SSSR count). The zero-order chi connectivity index (χ0) is 21.4. The summed E-state index contributed by atoms with van der Waals surface area (Å²) in [5, 5.41) is 11.6. The normalized spacial score (nSPS) is 52.2. The maximum atomic E-state index is 11.7. The summed E-state index contributed by atoms with van der Waals surface area (Å²) in [4.78, 5) is 11.7. The van der Waals surface area contributed by atoms with E-state index in [-0.39, 0.29) is 21.6 Å². The van der Waals surface area contributed by atoms with E-state index in [2.05, 4.69) is 44.3 Å². The smallest absolute Gasteiger partial charge is 0.302 e. The van der Waals surface area contributed by atoms with Crippen molar-refractivity contribution in [3.05, 3.63) is 0 Å². The van der Waals surface area contributed by atoms with E-state index in [9.17, 15) is 9.90 Å². The lowest BCUT2D eigenvalue weighted by Crippen LogP contribution is -2.63. The van der Waals surface area contributed by atoms with Crippen LogP contribution in [0.3, 0.4) is 0 Å². The van der Waals surface area contributed by atoms with Crippen molar-refractivity contribution < 1.29 is 14.6 Å². The fourth-order valence-corrected chi connectivity index (χ4v) is 12.7. The first-order valence-electron chi connectivity index (χ1n) is 12.3. The average Bonchev–Trinajstić information content (AvgIpc) is 3.00. The van der Waals surface area contributed by atoms with Crippen LogP contribution in [0.4, 0.5) is 0 Å². The maximum absolute atomic E-state index is 11.7. The first-order valence-corrected chi connectivity index (χ1v) is 14.3. The predicted molar refractivity (Wildman–Crippen MR) is 126 cm³/mol. The number of carbonyl (C=O) groups excluding carboxylic acids is 1. The van der Waals surface area contributed by atoms with Gasteiger partial charge in [0.25, 0.3) is 0 Å². The average molecular weight is 453 g/mol. The third kappa shape index (κ3) is 3.07. The van der Waals surface area contributed by atoms with Gasteiger partial charge < -0.3 is 9.84 Å². The molecule has 0 aromatic heterocycles. The minimum Gasteiger partial charge on any atom is -0.462 e. The number of rotatable bonds is 1. The maximum Gasteiger partial charge on any atom is 0.302 e. The Morgan fingerprint density at radius 1 is 0.967 bits per heavy atom. The van der Waals surface area contributed by atoms with E-state index in [0.717, 1.165) is 24.7 Å². The van der Waals surface area contributed by atoms with Crippen molar-refractivity contribution in [3.8, 4) is 0 Å². The zero-order valence-corrected chi connectivity index (χ0v) is 20.9. The molecule has 3 nitrogen and oxygen atoms in total. The van der Waals surface area contributed by atoms with Gasteiger partial charge in [0.05, 0.1) is 9.68 Å². The van der Waals surface area contributed by atoms with Crippen molar-refractivity contribution in [2.45, 2.75) is 101 Å². The SMILES string of the molecule is CC(=O)OC1CCC2C3CCC4CC(C)(O)C5(CC4(C)C3CCC12C)SCCCS5. The van der Waals surface area contributed by atoms with E-state index in [4.69, 9.17) is 4.74 Å². The molecule has 0 amide bonds. The molecule has 0 bridgehead atoms. The summed E-state index contributed by atoms with van der Waals surface area (Å²) < 4.78 is 5.82. The number of carbonyl (C=O) groups is 1. The van der Waals surface area contributed by atoms with Crippen molar-refractivity contribution in [2.75, 3.05) is 11.5 Å². The van der Waals surface area contributed by atoms with Crippen molar-refractivity contribution in [1.82, 2.24) is 0 Å². The molecule has 0 aromatic rings. The van der Waals surface area contributed by atoms with Crippen molar-refractivity contribution in [1.29, 1.82) is 0 Å². The lowest BCUT2D eigenvalue weighted by molar-refractivity contribution is -0.167. The van der Waals surface area contributed by atoms with Crippen molar-refractivity contribution in [3.63, 3.8) is 0 Å². The summed E-state index contributed by atoms with van der Waals surface area (Å²) in [5.74, 6) is 5.17. The molecule has 4 saturated carbocycles. The van der Waals surface area contributed by atoms with Gasteiger partial charge in [-0.3, -0.25) is 4.79 Å². The van der Waals surface area contributed by atoms with Gasteiger partial charge in [-0.15, -0.1) is 23.5 Å². The summed E-state index contributed by atoms with van der Waals surface area (Å²) >= 11 is 4.14. The molecule has 5 aliphatic rings. The van der Waals surface area contributed by atoms with E-state index < -0.39 is 5.60 Å². The van der Waals surface area contributed by atoms with Crippen LogP contribution in [0.5, 0.6) is 0 Å². The fourth-order valence-electron chi connectivity index (χ4n) is 8.81. The molecule has 170 valence electrons. The quantitative estimate of drug-likeness (QED) is 0.503. The topological polar surface area (TPSA) is 46.5 Å². The number of esters is 1. The Morgan fingerprint density at radius 3 is 2.37 bits per heavy atom. The number of hydrogen-bond acceptors (Lipinski definition) is 5. The van der Waals surface area contributed by atoms with E-state index in [1.165, 1.54) is 56.5 Å². The highest BCUT2D eigenvalue weighted by Crippen LogP contribution is 2.71. The van der Waals surface area contributed by atoms with Crippen LogP contribution >= 0.6 is 23.5 Å². The Kier molecular flexibility index (Phi) is 5.35. The van der Waals surface area contributed by atoms with Gasteiger partial charge in [0.2, 0.25) is 0 Å². The minimum atomic E-state index is -0.559. The Labute approximate surface area is 191 Å². The first-order chi connectivity index (χ1) is 14.1. The second-order valence-electron chi connectivity index (χ2n) is 11.8. The molecule has 30 heavy (non-hydrogen) atoms. The van der Waals surface area contributed by atoms with Crippen LogP contribution in [-0.4, -0.2) is 38.4 Å². The van der Waals surface area contributed by atoms with Crippen LogP contribution in [0.25, 0.3) is 0 Å². The van der Waals surface area contributed by atoms with Crippen LogP contribution in [0.15, 0.2) is 0 Å². The third-order valence-corrected chi connectivity index (χ3v) is 14.1. The van der Waals surface area contributed by atoms with Crippen LogP contribution in [0.2, 0.25) is 0 Å². The highest BCUT2D eigenvalue weighted by Gasteiger charge is 2.66. The predicted octanol–water partition coefficient (Wildman–Crippen LogP) is 5.89. The number of thioether (sulfide) groups is 2. The first kappa shape index (κ1) is 21.9. The molecular weight excluding hydrogens is 412 g/mol. The molecule has 5 fully saturated rings. The third-order valence-electron chi connectivity index (χ3n) is 10.3. The van der Waals surface area contributed by atoms with Crippen molar-refractivity contribution in [2.24, 2.45) is 34.5 Å². The molecule has 1 saturated heterocycles. The zero-order valence-electron chi connectivity index (χ0n) is 19.2. The highest BCUT2D eigenvalue weighted by molar-refractivity contribution is 8.18. The summed E-state index contributed by atoms with van der Waals surface area (Å²) in [6, 6.07) is 0. The molecule has 0 aromatic carbocycles. The summed E-state index contributed by atoms with van der Waals surface area (Å²) in [6.45, 7) is 8.73. The lowest BCUT2D eigenvalue weighted by atomic mass is 9.44. The van der Waals surface area contributed by atoms with Gasteiger partial charge >= 0.3 is 5.97 Å². The van der Waals surface area contributed by atoms with Crippen LogP contribution in [-0.2, 0) is 9.53 Å². The van der Waals surface area contributed by atoms with Gasteiger partial charge in [-0.25, -0.2) is 0 Å². The van der Waals surface area contributed by atoms with Crippen LogP contribution in [0, 0.1) is 34.5 Å². The summed E-state index contributed by atoms with van der Waals surface area (Å²) in [7, 11) is 0. The molecule has 1 spiro atoms. The van der Waals surface area contributed by atoms with Gasteiger partial charge in [-0.1, -0.05) is 13.8 Å². The Hall–Kier alpha value is 0.130. The Bertz CT molecular complexity index is 703.